The molecule has 1 saturated heterocycles. The molecule has 1 amide bonds. The monoisotopic (exact) mass is 300 g/mol. The fraction of sp³-hybridized carbons (Fsp3) is 0.667. The van der Waals surface area contributed by atoms with Crippen LogP contribution in [0.2, 0.25) is 0 Å². The van der Waals surface area contributed by atoms with Gasteiger partial charge in [0.2, 0.25) is 5.91 Å². The van der Waals surface area contributed by atoms with Crippen LogP contribution in [0.5, 0.6) is 0 Å². The second-order valence-electron chi connectivity index (χ2n) is 5.91. The van der Waals surface area contributed by atoms with Crippen LogP contribution < -0.4 is 0 Å². The van der Waals surface area contributed by atoms with E-state index in [0.29, 0.717) is 25.8 Å². The van der Waals surface area contributed by atoms with Crippen molar-refractivity contribution in [2.24, 2.45) is 10.2 Å². The number of rotatable bonds is 6. The molecule has 1 aromatic heterocycles. The summed E-state index contributed by atoms with van der Waals surface area (Å²) in [5.74, 6) is 2.77. The molecule has 0 radical (unpaired) electrons. The van der Waals surface area contributed by atoms with Crippen LogP contribution in [0.3, 0.4) is 0 Å². The van der Waals surface area contributed by atoms with E-state index in [2.05, 4.69) is 26.5 Å². The molecule has 7 nitrogen and oxygen atoms in total. The maximum Gasteiger partial charge on any atom is 0.222 e. The van der Waals surface area contributed by atoms with Gasteiger partial charge >= 0.3 is 0 Å². The Morgan fingerprint density at radius 3 is 2.95 bits per heavy atom. The molecule has 7 heteroatoms. The van der Waals surface area contributed by atoms with Crippen LogP contribution in [0.25, 0.3) is 0 Å². The first-order valence-electron chi connectivity index (χ1n) is 7.73. The summed E-state index contributed by atoms with van der Waals surface area (Å²) in [5.41, 5.74) is -0.372. The Hall–Kier alpha value is -2.23. The highest BCUT2D eigenvalue weighted by Gasteiger charge is 2.39. The number of likely N-dealkylation sites (tertiary alicyclic amines) is 1. The molecule has 116 valence electrons. The van der Waals surface area contributed by atoms with Crippen LogP contribution in [0, 0.1) is 12.3 Å². The summed E-state index contributed by atoms with van der Waals surface area (Å²) in [6.45, 7) is 1.52. The fourth-order valence-corrected chi connectivity index (χ4v) is 2.94. The summed E-state index contributed by atoms with van der Waals surface area (Å²) in [6.07, 6.45) is 13.4. The van der Waals surface area contributed by atoms with Gasteiger partial charge in [0.1, 0.15) is 0 Å². The highest BCUT2D eigenvalue weighted by Crippen LogP contribution is 2.37. The first-order valence-corrected chi connectivity index (χ1v) is 7.73. The second-order valence-corrected chi connectivity index (χ2v) is 5.91. The second kappa shape index (κ2) is 6.26. The molecule has 1 atom stereocenters. The Labute approximate surface area is 129 Å². The molecule has 0 aromatic carbocycles. The standard InChI is InChI=1S/C15H20N6O/c1-2-3-7-15(17-18-15)8-6-14(22)20-10-4-5-13(12-20)21-11-9-16-19-21/h1,9,11,13H,3-8,10,12H2. The van der Waals surface area contributed by atoms with Gasteiger partial charge in [-0.15, -0.1) is 17.4 Å². The Bertz CT molecular complexity index is 582. The van der Waals surface area contributed by atoms with Gasteiger partial charge in [0.15, 0.2) is 5.66 Å². The normalized spacial score (nSPS) is 22.3. The number of piperidine rings is 1. The molecule has 2 aliphatic rings. The van der Waals surface area contributed by atoms with Crippen molar-refractivity contribution in [1.82, 2.24) is 19.9 Å². The molecule has 2 aliphatic heterocycles. The Morgan fingerprint density at radius 1 is 1.41 bits per heavy atom. The predicted octanol–water partition coefficient (Wildman–Crippen LogP) is 1.80. The van der Waals surface area contributed by atoms with Crippen molar-refractivity contribution in [3.63, 3.8) is 0 Å². The van der Waals surface area contributed by atoms with E-state index in [1.165, 1.54) is 0 Å². The summed E-state index contributed by atoms with van der Waals surface area (Å²) in [4.78, 5) is 14.3. The van der Waals surface area contributed by atoms with Gasteiger partial charge in [-0.25, -0.2) is 4.68 Å². The van der Waals surface area contributed by atoms with Crippen molar-refractivity contribution in [2.45, 2.75) is 50.2 Å². The van der Waals surface area contributed by atoms with Crippen molar-refractivity contribution in [3.8, 4) is 12.3 Å². The van der Waals surface area contributed by atoms with Gasteiger partial charge in [-0.1, -0.05) is 5.21 Å². The lowest BCUT2D eigenvalue weighted by atomic mass is 10.0. The third kappa shape index (κ3) is 3.32. The largest absolute Gasteiger partial charge is 0.341 e. The Morgan fingerprint density at radius 2 is 2.27 bits per heavy atom. The van der Waals surface area contributed by atoms with E-state index in [9.17, 15) is 4.79 Å². The summed E-state index contributed by atoms with van der Waals surface area (Å²) in [5, 5.41) is 16.0. The van der Waals surface area contributed by atoms with Gasteiger partial charge in [0, 0.05) is 45.0 Å². The van der Waals surface area contributed by atoms with E-state index < -0.39 is 0 Å². The molecule has 0 N–H and O–H groups in total. The zero-order chi connectivity index (χ0) is 15.4. The van der Waals surface area contributed by atoms with Crippen molar-refractivity contribution in [1.29, 1.82) is 0 Å². The average molecular weight is 300 g/mol. The minimum atomic E-state index is -0.372. The van der Waals surface area contributed by atoms with Gasteiger partial charge in [0.05, 0.1) is 12.2 Å². The van der Waals surface area contributed by atoms with Crippen LogP contribution in [0.4, 0.5) is 0 Å². The van der Waals surface area contributed by atoms with E-state index in [-0.39, 0.29) is 17.6 Å². The minimum absolute atomic E-state index is 0.169. The summed E-state index contributed by atoms with van der Waals surface area (Å²) >= 11 is 0. The molecule has 1 aromatic rings. The summed E-state index contributed by atoms with van der Waals surface area (Å²) in [6, 6.07) is 0.228. The molecule has 0 saturated carbocycles. The lowest BCUT2D eigenvalue weighted by molar-refractivity contribution is -0.133. The van der Waals surface area contributed by atoms with E-state index >= 15 is 0 Å². The van der Waals surface area contributed by atoms with E-state index in [0.717, 1.165) is 25.8 Å². The number of amides is 1. The number of hydrogen-bond donors (Lipinski definition) is 0. The SMILES string of the molecule is C#CCCC1(CCC(=O)N2CCCC(n3ccnn3)C2)N=N1. The molecule has 22 heavy (non-hydrogen) atoms. The molecule has 1 fully saturated rings. The van der Waals surface area contributed by atoms with E-state index in [1.807, 2.05) is 15.8 Å². The van der Waals surface area contributed by atoms with Gasteiger partial charge in [0.25, 0.3) is 0 Å². The number of carbonyl (C=O) groups excluding carboxylic acids is 1. The zero-order valence-corrected chi connectivity index (χ0v) is 12.6. The lowest BCUT2D eigenvalue weighted by Crippen LogP contribution is -2.41. The molecule has 0 bridgehead atoms. The van der Waals surface area contributed by atoms with Gasteiger partial charge < -0.3 is 4.90 Å². The van der Waals surface area contributed by atoms with Crippen molar-refractivity contribution in [3.05, 3.63) is 12.4 Å². The first kappa shape index (κ1) is 14.7. The van der Waals surface area contributed by atoms with Gasteiger partial charge in [-0.05, 0) is 12.8 Å². The number of hydrogen-bond acceptors (Lipinski definition) is 5. The highest BCUT2D eigenvalue weighted by atomic mass is 16.2. The average Bonchev–Trinajstić information content (AvgIpc) is 3.10. The molecule has 3 heterocycles. The number of nitrogens with zero attached hydrogens (tertiary/aromatic N) is 6. The lowest BCUT2D eigenvalue weighted by Gasteiger charge is -2.32. The number of terminal acetylenes is 1. The van der Waals surface area contributed by atoms with E-state index in [1.54, 1.807) is 6.20 Å². The smallest absolute Gasteiger partial charge is 0.222 e. The van der Waals surface area contributed by atoms with Crippen molar-refractivity contribution >= 4 is 5.91 Å². The number of carbonyl (C=O) groups is 1. The van der Waals surface area contributed by atoms with Crippen molar-refractivity contribution in [2.75, 3.05) is 13.1 Å². The molecule has 0 aliphatic carbocycles. The van der Waals surface area contributed by atoms with Crippen LogP contribution in [-0.2, 0) is 4.79 Å². The Kier molecular flexibility index (Phi) is 4.18. The van der Waals surface area contributed by atoms with Gasteiger partial charge in [-0.2, -0.15) is 10.2 Å². The van der Waals surface area contributed by atoms with Crippen LogP contribution in [-0.4, -0.2) is 44.6 Å². The van der Waals surface area contributed by atoms with Gasteiger partial charge in [-0.3, -0.25) is 4.79 Å². The first-order chi connectivity index (χ1) is 10.7. The highest BCUT2D eigenvalue weighted by molar-refractivity contribution is 5.76. The molecule has 3 rings (SSSR count). The van der Waals surface area contributed by atoms with Crippen LogP contribution in [0.1, 0.15) is 44.6 Å². The topological polar surface area (TPSA) is 75.7 Å². The maximum atomic E-state index is 12.4. The molecular formula is C15H20N6O. The summed E-state index contributed by atoms with van der Waals surface area (Å²) < 4.78 is 1.85. The fourth-order valence-electron chi connectivity index (χ4n) is 2.94. The Balaban J connectivity index is 1.49. The van der Waals surface area contributed by atoms with E-state index in [4.69, 9.17) is 6.42 Å². The molecular weight excluding hydrogens is 280 g/mol. The van der Waals surface area contributed by atoms with Crippen LogP contribution in [0.15, 0.2) is 22.6 Å². The third-order valence-electron chi connectivity index (χ3n) is 4.36. The molecule has 1 unspecified atom stereocenters. The zero-order valence-electron chi connectivity index (χ0n) is 12.6. The number of aromatic nitrogens is 3. The predicted molar refractivity (Wildman–Crippen MR) is 79.8 cm³/mol. The minimum Gasteiger partial charge on any atom is -0.341 e. The summed E-state index contributed by atoms with van der Waals surface area (Å²) in [7, 11) is 0. The quantitative estimate of drug-likeness (QED) is 0.752. The molecule has 0 spiro atoms. The third-order valence-corrected chi connectivity index (χ3v) is 4.36. The maximum absolute atomic E-state index is 12.4. The van der Waals surface area contributed by atoms with Crippen LogP contribution >= 0.6 is 0 Å². The van der Waals surface area contributed by atoms with Crippen molar-refractivity contribution < 1.29 is 4.79 Å².